The van der Waals surface area contributed by atoms with Gasteiger partial charge in [-0.05, 0) is 42.5 Å². The number of carbonyl (C=O) groups is 3. The number of urea groups is 1. The molecule has 0 aliphatic carbocycles. The molecule has 0 unspecified atom stereocenters. The number of ketones is 1. The molecule has 0 spiro atoms. The number of Topliss-reactive ketones (excluding diaryl/α,β-unsaturated/α-hetero) is 1. The average molecular weight is 385 g/mol. The molecule has 1 aromatic carbocycles. The van der Waals surface area contributed by atoms with Gasteiger partial charge in [0.2, 0.25) is 0 Å². The van der Waals surface area contributed by atoms with Crippen molar-refractivity contribution in [3.8, 4) is 0 Å². The lowest BCUT2D eigenvalue weighted by atomic mass is 9.90. The lowest BCUT2D eigenvalue weighted by Gasteiger charge is -2.22. The van der Waals surface area contributed by atoms with E-state index in [1.807, 2.05) is 37.3 Å². The molecule has 2 heterocycles. The second-order valence-corrected chi connectivity index (χ2v) is 8.43. The standard InChI is InChI=1S/C21H24N2O3S/c1-5-16-10-11-18(27-16)17(24)12-23-19(25)21(4,22-20(23)26)15-8-6-14(7-9-15)13(2)3/h6-11,13H,5,12H2,1-4H3,(H,22,26)/t21-/m1/s1. The highest BCUT2D eigenvalue weighted by Crippen LogP contribution is 2.30. The zero-order valence-corrected chi connectivity index (χ0v) is 16.9. The number of thiophene rings is 1. The van der Waals surface area contributed by atoms with Gasteiger partial charge in [-0.25, -0.2) is 4.79 Å². The fourth-order valence-corrected chi connectivity index (χ4v) is 4.05. The van der Waals surface area contributed by atoms with Gasteiger partial charge in [0.25, 0.3) is 5.91 Å². The number of carbonyl (C=O) groups excluding carboxylic acids is 3. The second kappa shape index (κ2) is 7.27. The molecular weight excluding hydrogens is 360 g/mol. The first-order valence-corrected chi connectivity index (χ1v) is 9.94. The molecule has 142 valence electrons. The Balaban J connectivity index is 1.80. The number of nitrogens with zero attached hydrogens (tertiary/aromatic N) is 1. The monoisotopic (exact) mass is 384 g/mol. The van der Waals surface area contributed by atoms with Gasteiger partial charge in [-0.3, -0.25) is 14.5 Å². The van der Waals surface area contributed by atoms with Crippen LogP contribution in [0.25, 0.3) is 0 Å². The Hall–Kier alpha value is -2.47. The van der Waals surface area contributed by atoms with Crippen LogP contribution in [-0.4, -0.2) is 29.2 Å². The van der Waals surface area contributed by atoms with Crippen LogP contribution >= 0.6 is 11.3 Å². The summed E-state index contributed by atoms with van der Waals surface area (Å²) in [5, 5.41) is 2.76. The molecule has 1 aliphatic rings. The van der Waals surface area contributed by atoms with Crippen molar-refractivity contribution in [3.63, 3.8) is 0 Å². The average Bonchev–Trinajstić information content (AvgIpc) is 3.21. The fraction of sp³-hybridized carbons (Fsp3) is 0.381. The van der Waals surface area contributed by atoms with Crippen LogP contribution in [0.5, 0.6) is 0 Å². The van der Waals surface area contributed by atoms with Gasteiger partial charge in [-0.15, -0.1) is 11.3 Å². The van der Waals surface area contributed by atoms with Gasteiger partial charge in [0, 0.05) is 4.88 Å². The third kappa shape index (κ3) is 3.54. The van der Waals surface area contributed by atoms with E-state index in [-0.39, 0.29) is 12.3 Å². The second-order valence-electron chi connectivity index (χ2n) is 7.27. The largest absolute Gasteiger partial charge is 0.325 e. The summed E-state index contributed by atoms with van der Waals surface area (Å²) in [4.78, 5) is 40.6. The van der Waals surface area contributed by atoms with E-state index >= 15 is 0 Å². The van der Waals surface area contributed by atoms with E-state index in [0.717, 1.165) is 21.8 Å². The molecule has 1 N–H and O–H groups in total. The van der Waals surface area contributed by atoms with Crippen molar-refractivity contribution >= 4 is 29.1 Å². The first-order valence-electron chi connectivity index (χ1n) is 9.12. The van der Waals surface area contributed by atoms with Crippen molar-refractivity contribution in [2.75, 3.05) is 6.54 Å². The van der Waals surface area contributed by atoms with Crippen LogP contribution in [0.15, 0.2) is 36.4 Å². The van der Waals surface area contributed by atoms with Crippen LogP contribution in [0.3, 0.4) is 0 Å². The number of nitrogens with one attached hydrogen (secondary N) is 1. The van der Waals surface area contributed by atoms with Crippen LogP contribution in [0.1, 0.15) is 59.3 Å². The van der Waals surface area contributed by atoms with Crippen molar-refractivity contribution < 1.29 is 14.4 Å². The number of hydrogen-bond acceptors (Lipinski definition) is 4. The molecular formula is C21H24N2O3S. The number of hydrogen-bond donors (Lipinski definition) is 1. The Morgan fingerprint density at radius 1 is 1.15 bits per heavy atom. The Morgan fingerprint density at radius 3 is 2.37 bits per heavy atom. The minimum absolute atomic E-state index is 0.220. The maximum Gasteiger partial charge on any atom is 0.325 e. The van der Waals surface area contributed by atoms with Crippen molar-refractivity contribution in [2.45, 2.75) is 45.6 Å². The Bertz CT molecular complexity index is 885. The topological polar surface area (TPSA) is 66.5 Å². The number of benzene rings is 1. The van der Waals surface area contributed by atoms with Crippen LogP contribution in [0.4, 0.5) is 4.79 Å². The van der Waals surface area contributed by atoms with Gasteiger partial charge in [-0.2, -0.15) is 0 Å². The van der Waals surface area contributed by atoms with Crippen molar-refractivity contribution in [1.29, 1.82) is 0 Å². The third-order valence-corrected chi connectivity index (χ3v) is 6.29. The summed E-state index contributed by atoms with van der Waals surface area (Å²) in [6.45, 7) is 7.66. The molecule has 1 aromatic heterocycles. The van der Waals surface area contributed by atoms with E-state index in [2.05, 4.69) is 19.2 Å². The van der Waals surface area contributed by atoms with E-state index in [0.29, 0.717) is 16.4 Å². The van der Waals surface area contributed by atoms with Gasteiger partial charge < -0.3 is 5.32 Å². The van der Waals surface area contributed by atoms with E-state index in [1.54, 1.807) is 13.0 Å². The molecule has 3 amide bonds. The summed E-state index contributed by atoms with van der Waals surface area (Å²) in [5.41, 5.74) is 0.719. The fourth-order valence-electron chi connectivity index (χ4n) is 3.18. The SMILES string of the molecule is CCc1ccc(C(=O)CN2C(=O)N[C@](C)(c3ccc(C(C)C)cc3)C2=O)s1. The summed E-state index contributed by atoms with van der Waals surface area (Å²) in [7, 11) is 0. The Kier molecular flexibility index (Phi) is 5.20. The number of imide groups is 1. The van der Waals surface area contributed by atoms with Gasteiger partial charge in [0.15, 0.2) is 5.78 Å². The van der Waals surface area contributed by atoms with Gasteiger partial charge in [-0.1, -0.05) is 45.0 Å². The molecule has 1 atom stereocenters. The molecule has 0 bridgehead atoms. The molecule has 5 nitrogen and oxygen atoms in total. The van der Waals surface area contributed by atoms with E-state index < -0.39 is 17.5 Å². The van der Waals surface area contributed by atoms with E-state index in [9.17, 15) is 14.4 Å². The quantitative estimate of drug-likeness (QED) is 0.603. The highest BCUT2D eigenvalue weighted by atomic mass is 32.1. The zero-order valence-electron chi connectivity index (χ0n) is 16.0. The summed E-state index contributed by atoms with van der Waals surface area (Å²) in [6, 6.07) is 10.8. The molecule has 27 heavy (non-hydrogen) atoms. The molecule has 0 radical (unpaired) electrons. The van der Waals surface area contributed by atoms with Crippen molar-refractivity contribution in [3.05, 3.63) is 57.3 Å². The predicted octanol–water partition coefficient (Wildman–Crippen LogP) is 4.08. The third-order valence-electron chi connectivity index (χ3n) is 5.02. The first-order chi connectivity index (χ1) is 12.8. The van der Waals surface area contributed by atoms with Crippen LogP contribution in [-0.2, 0) is 16.8 Å². The van der Waals surface area contributed by atoms with Crippen LogP contribution < -0.4 is 5.32 Å². The lowest BCUT2D eigenvalue weighted by Crippen LogP contribution is -2.41. The molecule has 1 fully saturated rings. The number of aryl methyl sites for hydroxylation is 1. The maximum absolute atomic E-state index is 13.0. The summed E-state index contributed by atoms with van der Waals surface area (Å²) in [5.74, 6) is -0.235. The summed E-state index contributed by atoms with van der Waals surface area (Å²) in [6.07, 6.45) is 0.853. The van der Waals surface area contributed by atoms with Gasteiger partial charge in [0.05, 0.1) is 11.4 Å². The van der Waals surface area contributed by atoms with Crippen molar-refractivity contribution in [2.24, 2.45) is 0 Å². The zero-order chi connectivity index (χ0) is 19.8. The minimum Gasteiger partial charge on any atom is -0.319 e. The number of rotatable bonds is 6. The summed E-state index contributed by atoms with van der Waals surface area (Å²) < 4.78 is 0. The molecule has 3 rings (SSSR count). The van der Waals surface area contributed by atoms with E-state index in [1.165, 1.54) is 11.3 Å². The normalized spacial score (nSPS) is 19.7. The van der Waals surface area contributed by atoms with Gasteiger partial charge >= 0.3 is 6.03 Å². The Morgan fingerprint density at radius 2 is 1.81 bits per heavy atom. The van der Waals surface area contributed by atoms with E-state index in [4.69, 9.17) is 0 Å². The van der Waals surface area contributed by atoms with Crippen molar-refractivity contribution in [1.82, 2.24) is 10.2 Å². The van der Waals surface area contributed by atoms with Crippen LogP contribution in [0, 0.1) is 0 Å². The number of amides is 3. The molecule has 2 aromatic rings. The smallest absolute Gasteiger partial charge is 0.319 e. The lowest BCUT2D eigenvalue weighted by molar-refractivity contribution is -0.130. The first kappa shape index (κ1) is 19.3. The maximum atomic E-state index is 13.0. The predicted molar refractivity (Wildman–Crippen MR) is 106 cm³/mol. The molecule has 1 saturated heterocycles. The minimum atomic E-state index is -1.16. The molecule has 1 aliphatic heterocycles. The summed E-state index contributed by atoms with van der Waals surface area (Å²) >= 11 is 1.41. The molecule has 6 heteroatoms. The van der Waals surface area contributed by atoms with Gasteiger partial charge in [0.1, 0.15) is 5.54 Å². The molecule has 0 saturated carbocycles. The highest BCUT2D eigenvalue weighted by Gasteiger charge is 2.49. The Labute approximate surface area is 163 Å². The highest BCUT2D eigenvalue weighted by molar-refractivity contribution is 7.14. The van der Waals surface area contributed by atoms with Crippen LogP contribution in [0.2, 0.25) is 0 Å².